The standard InChI is InChI=1S/C17H23NO2S/c1-11-8-13(12(2)19)6-7-14(11)20-9-16-18-15(10-21-16)17(3,4)5/h6-8,10,12,19H,9H2,1-5H3/t12-/m1/s1. The second kappa shape index (κ2) is 6.16. The zero-order valence-corrected chi connectivity index (χ0v) is 14.1. The summed E-state index contributed by atoms with van der Waals surface area (Å²) in [5, 5.41) is 12.7. The number of aromatic nitrogens is 1. The van der Waals surface area contributed by atoms with Crippen LogP contribution in [0.1, 0.15) is 55.6 Å². The molecule has 1 atom stereocenters. The van der Waals surface area contributed by atoms with Gasteiger partial charge in [0, 0.05) is 10.8 Å². The van der Waals surface area contributed by atoms with Crippen LogP contribution in [-0.2, 0) is 12.0 Å². The van der Waals surface area contributed by atoms with Crippen LogP contribution in [0, 0.1) is 6.92 Å². The highest BCUT2D eigenvalue weighted by Crippen LogP contribution is 2.26. The van der Waals surface area contributed by atoms with Gasteiger partial charge >= 0.3 is 0 Å². The Labute approximate surface area is 130 Å². The highest BCUT2D eigenvalue weighted by Gasteiger charge is 2.17. The number of hydrogen-bond donors (Lipinski definition) is 1. The fraction of sp³-hybridized carbons (Fsp3) is 0.471. The van der Waals surface area contributed by atoms with E-state index in [2.05, 4.69) is 31.1 Å². The van der Waals surface area contributed by atoms with Gasteiger partial charge in [0.15, 0.2) is 0 Å². The number of ether oxygens (including phenoxy) is 1. The maximum atomic E-state index is 9.58. The molecule has 0 fully saturated rings. The smallest absolute Gasteiger partial charge is 0.140 e. The van der Waals surface area contributed by atoms with Crippen LogP contribution in [0.15, 0.2) is 23.6 Å². The van der Waals surface area contributed by atoms with Gasteiger partial charge in [-0.1, -0.05) is 26.8 Å². The maximum absolute atomic E-state index is 9.58. The molecule has 0 aliphatic carbocycles. The molecule has 4 heteroatoms. The van der Waals surface area contributed by atoms with Crippen molar-refractivity contribution in [1.82, 2.24) is 4.98 Å². The Balaban J connectivity index is 2.05. The third kappa shape index (κ3) is 4.05. The molecule has 0 bridgehead atoms. The Kier molecular flexibility index (Phi) is 4.69. The number of benzene rings is 1. The minimum atomic E-state index is -0.453. The van der Waals surface area contributed by atoms with Gasteiger partial charge in [-0.25, -0.2) is 4.98 Å². The molecular weight excluding hydrogens is 282 g/mol. The van der Waals surface area contributed by atoms with Crippen molar-refractivity contribution in [1.29, 1.82) is 0 Å². The SMILES string of the molecule is Cc1cc([C@@H](C)O)ccc1OCc1nc(C(C)(C)C)cs1. The second-order valence-electron chi connectivity index (χ2n) is 6.37. The number of rotatable bonds is 4. The summed E-state index contributed by atoms with van der Waals surface area (Å²) in [5.74, 6) is 0.840. The van der Waals surface area contributed by atoms with E-state index in [1.54, 1.807) is 18.3 Å². The average Bonchev–Trinajstić information content (AvgIpc) is 2.85. The van der Waals surface area contributed by atoms with Crippen LogP contribution < -0.4 is 4.74 Å². The molecule has 0 aliphatic rings. The summed E-state index contributed by atoms with van der Waals surface area (Å²) in [6.07, 6.45) is -0.453. The summed E-state index contributed by atoms with van der Waals surface area (Å²) in [4.78, 5) is 4.63. The van der Waals surface area contributed by atoms with E-state index in [0.29, 0.717) is 6.61 Å². The number of thiazole rings is 1. The van der Waals surface area contributed by atoms with Crippen molar-refractivity contribution in [2.45, 2.75) is 52.7 Å². The molecule has 1 aromatic carbocycles. The lowest BCUT2D eigenvalue weighted by molar-refractivity contribution is 0.199. The first kappa shape index (κ1) is 16.0. The molecule has 0 saturated heterocycles. The van der Waals surface area contributed by atoms with Gasteiger partial charge in [0.1, 0.15) is 17.4 Å². The normalized spacial score (nSPS) is 13.2. The van der Waals surface area contributed by atoms with Gasteiger partial charge in [0.2, 0.25) is 0 Å². The van der Waals surface area contributed by atoms with Crippen molar-refractivity contribution in [3.05, 3.63) is 45.4 Å². The van der Waals surface area contributed by atoms with Crippen LogP contribution in [0.5, 0.6) is 5.75 Å². The van der Waals surface area contributed by atoms with E-state index in [-0.39, 0.29) is 5.41 Å². The predicted octanol–water partition coefficient (Wildman–Crippen LogP) is 4.38. The Morgan fingerprint density at radius 2 is 2.05 bits per heavy atom. The van der Waals surface area contributed by atoms with Crippen LogP contribution >= 0.6 is 11.3 Å². The number of hydrogen-bond acceptors (Lipinski definition) is 4. The predicted molar refractivity (Wildman–Crippen MR) is 87.0 cm³/mol. The number of aliphatic hydroxyl groups is 1. The third-order valence-electron chi connectivity index (χ3n) is 3.35. The van der Waals surface area contributed by atoms with Crippen LogP contribution in [0.3, 0.4) is 0 Å². The van der Waals surface area contributed by atoms with Gasteiger partial charge in [-0.15, -0.1) is 11.3 Å². The molecule has 0 spiro atoms. The average molecular weight is 305 g/mol. The molecule has 1 N–H and O–H groups in total. The second-order valence-corrected chi connectivity index (χ2v) is 7.31. The molecule has 1 aromatic heterocycles. The first-order chi connectivity index (χ1) is 9.77. The Bertz CT molecular complexity index is 611. The summed E-state index contributed by atoms with van der Waals surface area (Å²) in [7, 11) is 0. The molecule has 1 heterocycles. The van der Waals surface area contributed by atoms with E-state index in [0.717, 1.165) is 27.6 Å². The first-order valence-electron chi connectivity index (χ1n) is 7.13. The van der Waals surface area contributed by atoms with Crippen molar-refractivity contribution < 1.29 is 9.84 Å². The zero-order valence-electron chi connectivity index (χ0n) is 13.3. The number of aliphatic hydroxyl groups excluding tert-OH is 1. The largest absolute Gasteiger partial charge is 0.486 e. The van der Waals surface area contributed by atoms with E-state index in [4.69, 9.17) is 4.74 Å². The van der Waals surface area contributed by atoms with Crippen LogP contribution in [0.25, 0.3) is 0 Å². The molecule has 2 aromatic rings. The highest BCUT2D eigenvalue weighted by molar-refractivity contribution is 7.09. The van der Waals surface area contributed by atoms with Gasteiger partial charge < -0.3 is 9.84 Å². The Morgan fingerprint density at radius 3 is 2.57 bits per heavy atom. The van der Waals surface area contributed by atoms with Gasteiger partial charge in [-0.05, 0) is 37.1 Å². The lowest BCUT2D eigenvalue weighted by atomic mass is 9.93. The van der Waals surface area contributed by atoms with Gasteiger partial charge in [-0.3, -0.25) is 0 Å². The molecule has 0 amide bonds. The van der Waals surface area contributed by atoms with Gasteiger partial charge in [0.05, 0.1) is 11.8 Å². The molecule has 114 valence electrons. The number of aryl methyl sites for hydroxylation is 1. The fourth-order valence-electron chi connectivity index (χ4n) is 1.96. The first-order valence-corrected chi connectivity index (χ1v) is 8.01. The lowest BCUT2D eigenvalue weighted by Gasteiger charge is -2.14. The molecule has 21 heavy (non-hydrogen) atoms. The molecular formula is C17H23NO2S. The molecule has 0 unspecified atom stereocenters. The molecule has 0 aliphatic heterocycles. The van der Waals surface area contributed by atoms with E-state index in [1.807, 2.05) is 25.1 Å². The van der Waals surface area contributed by atoms with E-state index in [9.17, 15) is 5.11 Å². The Hall–Kier alpha value is -1.39. The minimum Gasteiger partial charge on any atom is -0.486 e. The van der Waals surface area contributed by atoms with Crippen LogP contribution in [0.2, 0.25) is 0 Å². The lowest BCUT2D eigenvalue weighted by Crippen LogP contribution is -2.11. The maximum Gasteiger partial charge on any atom is 0.140 e. The molecule has 3 nitrogen and oxygen atoms in total. The van der Waals surface area contributed by atoms with Crippen LogP contribution in [0.4, 0.5) is 0 Å². The summed E-state index contributed by atoms with van der Waals surface area (Å²) in [6.45, 7) is 10.7. The molecule has 2 rings (SSSR count). The van der Waals surface area contributed by atoms with Crippen molar-refractivity contribution >= 4 is 11.3 Å². The summed E-state index contributed by atoms with van der Waals surface area (Å²) in [5.41, 5.74) is 3.11. The summed E-state index contributed by atoms with van der Waals surface area (Å²) < 4.78 is 5.85. The quantitative estimate of drug-likeness (QED) is 0.911. The van der Waals surface area contributed by atoms with Crippen molar-refractivity contribution in [3.8, 4) is 5.75 Å². The highest BCUT2D eigenvalue weighted by atomic mass is 32.1. The summed E-state index contributed by atoms with van der Waals surface area (Å²) >= 11 is 1.63. The molecule has 0 saturated carbocycles. The van der Waals surface area contributed by atoms with Gasteiger partial charge in [-0.2, -0.15) is 0 Å². The van der Waals surface area contributed by atoms with Crippen molar-refractivity contribution in [2.24, 2.45) is 0 Å². The Morgan fingerprint density at radius 1 is 1.33 bits per heavy atom. The van der Waals surface area contributed by atoms with Crippen LogP contribution in [-0.4, -0.2) is 10.1 Å². The van der Waals surface area contributed by atoms with Crippen molar-refractivity contribution in [3.63, 3.8) is 0 Å². The zero-order chi connectivity index (χ0) is 15.6. The van der Waals surface area contributed by atoms with E-state index >= 15 is 0 Å². The summed E-state index contributed by atoms with van der Waals surface area (Å²) in [6, 6.07) is 5.77. The van der Waals surface area contributed by atoms with E-state index in [1.165, 1.54) is 0 Å². The third-order valence-corrected chi connectivity index (χ3v) is 4.18. The van der Waals surface area contributed by atoms with Crippen molar-refractivity contribution in [2.75, 3.05) is 0 Å². The topological polar surface area (TPSA) is 42.4 Å². The molecule has 0 radical (unpaired) electrons. The van der Waals surface area contributed by atoms with E-state index < -0.39 is 6.10 Å². The minimum absolute atomic E-state index is 0.0730. The monoisotopic (exact) mass is 305 g/mol. The number of nitrogens with zero attached hydrogens (tertiary/aromatic N) is 1. The fourth-order valence-corrected chi connectivity index (χ4v) is 2.89. The van der Waals surface area contributed by atoms with Gasteiger partial charge in [0.25, 0.3) is 0 Å².